The van der Waals surface area contributed by atoms with Crippen LogP contribution in [0.1, 0.15) is 69.1 Å². The van der Waals surface area contributed by atoms with E-state index >= 15 is 0 Å². The van der Waals surface area contributed by atoms with Crippen LogP contribution in [0.15, 0.2) is 170 Å². The number of nitro groups is 2. The Morgan fingerprint density at radius 2 is 0.734 bits per heavy atom. The van der Waals surface area contributed by atoms with Crippen molar-refractivity contribution in [2.45, 2.75) is 58.9 Å². The van der Waals surface area contributed by atoms with Crippen molar-refractivity contribution in [1.82, 2.24) is 21.3 Å². The Hall–Kier alpha value is -7.16. The minimum atomic E-state index is -1.25. The van der Waals surface area contributed by atoms with Crippen LogP contribution in [0.25, 0.3) is 0 Å². The Morgan fingerprint density at radius 3 is 1.03 bits per heavy atom. The van der Waals surface area contributed by atoms with Crippen LogP contribution in [-0.4, -0.2) is 57.9 Å². The van der Waals surface area contributed by atoms with E-state index in [0.29, 0.717) is 13.1 Å². The SMILES string of the molecule is O=C1NC[C@H](c2ccc(F)cc2)[C@]12N[C@H](c1ccccc1)[C@H]([N+](=O)[O-])[C@H]2c1ccccc1.O=C1NC[C@H](c2ccc(F)cc2)[C@]12N[C@H](c1ccccc1)[C@H]([N+](=O)[O-])[C@H]2c1ccccc1. The fraction of sp³-hybridized carbons (Fsp3) is 0.240. The average molecular weight is 863 g/mol. The molecule has 0 aliphatic carbocycles. The van der Waals surface area contributed by atoms with Crippen molar-refractivity contribution in [3.63, 3.8) is 0 Å². The van der Waals surface area contributed by atoms with E-state index in [-0.39, 0.29) is 33.3 Å². The fourth-order valence-electron chi connectivity index (χ4n) is 10.9. The van der Waals surface area contributed by atoms with E-state index in [2.05, 4.69) is 21.3 Å². The van der Waals surface area contributed by atoms with E-state index in [1.165, 1.54) is 24.3 Å². The van der Waals surface area contributed by atoms with Gasteiger partial charge in [-0.25, -0.2) is 8.78 Å². The van der Waals surface area contributed by atoms with Crippen molar-refractivity contribution in [2.75, 3.05) is 13.1 Å². The molecule has 64 heavy (non-hydrogen) atoms. The van der Waals surface area contributed by atoms with E-state index < -0.39 is 58.9 Å². The second-order valence-corrected chi connectivity index (χ2v) is 16.8. The maximum absolute atomic E-state index is 13.6. The fourth-order valence-corrected chi connectivity index (χ4v) is 10.9. The third-order valence-electron chi connectivity index (χ3n) is 13.6. The smallest absolute Gasteiger partial charge is 0.241 e. The summed E-state index contributed by atoms with van der Waals surface area (Å²) in [5, 5.41) is 37.7. The van der Waals surface area contributed by atoms with Crippen LogP contribution in [0.2, 0.25) is 0 Å². The van der Waals surface area contributed by atoms with Gasteiger partial charge in [-0.1, -0.05) is 146 Å². The molecular formula is C50H44F2N6O6. The second kappa shape index (κ2) is 17.2. The minimum absolute atomic E-state index is 0.272. The van der Waals surface area contributed by atoms with Crippen molar-refractivity contribution in [3.8, 4) is 0 Å². The Morgan fingerprint density at radius 1 is 0.438 bits per heavy atom. The van der Waals surface area contributed by atoms with Crippen molar-refractivity contribution >= 4 is 11.8 Å². The first-order chi connectivity index (χ1) is 31.0. The Kier molecular flexibility index (Phi) is 11.3. The number of carbonyl (C=O) groups excluding carboxylic acids is 2. The zero-order valence-corrected chi connectivity index (χ0v) is 34.3. The van der Waals surface area contributed by atoms with Gasteiger partial charge in [0.2, 0.25) is 23.9 Å². The molecule has 4 heterocycles. The molecule has 2 spiro atoms. The van der Waals surface area contributed by atoms with Crippen LogP contribution in [0, 0.1) is 31.9 Å². The number of halogens is 2. The van der Waals surface area contributed by atoms with E-state index in [0.717, 1.165) is 33.4 Å². The normalized spacial score (nSPS) is 29.2. The molecule has 0 unspecified atom stereocenters. The number of hydrogen-bond acceptors (Lipinski definition) is 8. The van der Waals surface area contributed by atoms with E-state index in [1.54, 1.807) is 24.3 Å². The molecular weight excluding hydrogens is 819 g/mol. The lowest BCUT2D eigenvalue weighted by Crippen LogP contribution is -2.54. The summed E-state index contributed by atoms with van der Waals surface area (Å²) in [6.45, 7) is 0.624. The lowest BCUT2D eigenvalue weighted by atomic mass is 9.69. The van der Waals surface area contributed by atoms with Crippen molar-refractivity contribution in [3.05, 3.63) is 235 Å². The standard InChI is InChI=1S/2C25H22FN3O3/c2*26-19-13-11-16(12-14-19)20-15-27-24(30)25(20)21(17-7-3-1-4-8-17)23(29(31)32)22(28-25)18-9-5-2-6-10-18/h2*1-14,20-23,28H,15H2,(H,27,30)/t2*20-,21-,22-,23-,25-/m11/s1. The first-order valence-corrected chi connectivity index (χ1v) is 21.1. The molecule has 6 aromatic rings. The van der Waals surface area contributed by atoms with Gasteiger partial charge in [0.25, 0.3) is 0 Å². The number of amides is 2. The predicted octanol–water partition coefficient (Wildman–Crippen LogP) is 7.10. The summed E-state index contributed by atoms with van der Waals surface area (Å²) in [5.74, 6) is -3.54. The summed E-state index contributed by atoms with van der Waals surface area (Å²) in [7, 11) is 0. The lowest BCUT2D eigenvalue weighted by Gasteiger charge is -2.34. The molecule has 14 heteroatoms. The topological polar surface area (TPSA) is 169 Å². The van der Waals surface area contributed by atoms with Gasteiger partial charge >= 0.3 is 0 Å². The van der Waals surface area contributed by atoms with Crippen LogP contribution in [0.4, 0.5) is 8.78 Å². The molecule has 10 rings (SSSR count). The monoisotopic (exact) mass is 862 g/mol. The number of benzene rings is 6. The number of hydrogen-bond donors (Lipinski definition) is 4. The molecule has 4 aliphatic rings. The molecule has 4 fully saturated rings. The van der Waals surface area contributed by atoms with Gasteiger partial charge in [-0.05, 0) is 57.6 Å². The van der Waals surface area contributed by atoms with Crippen LogP contribution in [0.5, 0.6) is 0 Å². The summed E-state index contributed by atoms with van der Waals surface area (Å²) in [4.78, 5) is 51.4. The van der Waals surface area contributed by atoms with Crippen molar-refractivity contribution < 1.29 is 28.2 Å². The molecule has 12 nitrogen and oxygen atoms in total. The molecule has 4 saturated heterocycles. The summed E-state index contributed by atoms with van der Waals surface area (Å²) < 4.78 is 27.2. The van der Waals surface area contributed by atoms with E-state index in [4.69, 9.17) is 0 Å². The van der Waals surface area contributed by atoms with Crippen LogP contribution >= 0.6 is 0 Å². The highest BCUT2D eigenvalue weighted by Gasteiger charge is 2.70. The number of carbonyl (C=O) groups is 2. The van der Waals surface area contributed by atoms with E-state index in [9.17, 15) is 38.6 Å². The molecule has 6 aromatic carbocycles. The van der Waals surface area contributed by atoms with Gasteiger partial charge in [0.15, 0.2) is 0 Å². The van der Waals surface area contributed by atoms with E-state index in [1.807, 2.05) is 121 Å². The zero-order chi connectivity index (χ0) is 44.6. The largest absolute Gasteiger partial charge is 0.354 e. The van der Waals surface area contributed by atoms with Crippen LogP contribution in [0.3, 0.4) is 0 Å². The van der Waals surface area contributed by atoms with Gasteiger partial charge in [0.1, 0.15) is 34.8 Å². The van der Waals surface area contributed by atoms with Gasteiger partial charge in [0.05, 0.1) is 11.8 Å². The maximum atomic E-state index is 13.6. The van der Waals surface area contributed by atoms with Gasteiger partial charge in [-0.3, -0.25) is 40.5 Å². The zero-order valence-electron chi connectivity index (χ0n) is 34.3. The highest BCUT2D eigenvalue weighted by atomic mass is 19.1. The van der Waals surface area contributed by atoms with Gasteiger partial charge in [0, 0.05) is 34.8 Å². The molecule has 324 valence electrons. The lowest BCUT2D eigenvalue weighted by molar-refractivity contribution is -0.528. The summed E-state index contributed by atoms with van der Waals surface area (Å²) >= 11 is 0. The third-order valence-corrected chi connectivity index (χ3v) is 13.6. The average Bonchev–Trinajstić information content (AvgIpc) is 4.07. The number of nitrogens with one attached hydrogen (secondary N) is 4. The first-order valence-electron chi connectivity index (χ1n) is 21.1. The second-order valence-electron chi connectivity index (χ2n) is 16.8. The Labute approximate surface area is 367 Å². The molecule has 0 radical (unpaired) electrons. The van der Waals surface area contributed by atoms with Crippen LogP contribution in [-0.2, 0) is 9.59 Å². The van der Waals surface area contributed by atoms with Gasteiger partial charge < -0.3 is 10.6 Å². The third kappa shape index (κ3) is 7.18. The van der Waals surface area contributed by atoms with Gasteiger partial charge in [-0.15, -0.1) is 0 Å². The van der Waals surface area contributed by atoms with Crippen molar-refractivity contribution in [1.29, 1.82) is 0 Å². The number of rotatable bonds is 8. The minimum Gasteiger partial charge on any atom is -0.354 e. The maximum Gasteiger partial charge on any atom is 0.241 e. The summed E-state index contributed by atoms with van der Waals surface area (Å²) in [6.07, 6.45) is 0. The Balaban J connectivity index is 0.000000162. The first kappa shape index (κ1) is 42.2. The quantitative estimate of drug-likeness (QED) is 0.0929. The Bertz CT molecular complexity index is 2460. The van der Waals surface area contributed by atoms with Gasteiger partial charge in [-0.2, -0.15) is 0 Å². The molecule has 0 aromatic heterocycles. The number of nitrogens with zero attached hydrogens (tertiary/aromatic N) is 2. The summed E-state index contributed by atoms with van der Waals surface area (Å²) in [6, 6.07) is 45.4. The molecule has 2 amide bonds. The highest BCUT2D eigenvalue weighted by Crippen LogP contribution is 2.55. The molecule has 4 N–H and O–H groups in total. The van der Waals surface area contributed by atoms with Crippen molar-refractivity contribution in [2.24, 2.45) is 0 Å². The predicted molar refractivity (Wildman–Crippen MR) is 234 cm³/mol. The molecule has 10 atom stereocenters. The molecule has 4 aliphatic heterocycles. The molecule has 0 bridgehead atoms. The highest BCUT2D eigenvalue weighted by molar-refractivity contribution is 5.93. The van der Waals surface area contributed by atoms with Crippen LogP contribution < -0.4 is 21.3 Å². The molecule has 0 saturated carbocycles. The summed E-state index contributed by atoms with van der Waals surface area (Å²) in [5.41, 5.74) is 1.97.